The van der Waals surface area contributed by atoms with E-state index in [2.05, 4.69) is 13.8 Å². The molecule has 4 saturated carbocycles. The summed E-state index contributed by atoms with van der Waals surface area (Å²) < 4.78 is 5.21. The SMILES string of the molecule is COC(=O)C1(C)CCCC2(C)C3CCC4(CO)CC3(CCC12)CC4=O. The summed E-state index contributed by atoms with van der Waals surface area (Å²) in [6.07, 6.45) is 8.53. The van der Waals surface area contributed by atoms with Gasteiger partial charge in [0.1, 0.15) is 5.78 Å². The van der Waals surface area contributed by atoms with Crippen molar-refractivity contribution in [3.63, 3.8) is 0 Å². The number of ketones is 1. The minimum absolute atomic E-state index is 0.0142. The number of aliphatic hydroxyl groups excluding tert-OH is 1. The van der Waals surface area contributed by atoms with Crippen LogP contribution in [0.3, 0.4) is 0 Å². The van der Waals surface area contributed by atoms with E-state index >= 15 is 0 Å². The highest BCUT2D eigenvalue weighted by molar-refractivity contribution is 5.88. The average Bonchev–Trinajstić information content (AvgIpc) is 2.79. The van der Waals surface area contributed by atoms with Crippen molar-refractivity contribution in [3.05, 3.63) is 0 Å². The summed E-state index contributed by atoms with van der Waals surface area (Å²) in [5.74, 6) is 1.08. The van der Waals surface area contributed by atoms with Crippen molar-refractivity contribution in [2.75, 3.05) is 13.7 Å². The Morgan fingerprint density at radius 3 is 2.56 bits per heavy atom. The number of fused-ring (bicyclic) bond motifs is 3. The van der Waals surface area contributed by atoms with Gasteiger partial charge in [0.15, 0.2) is 0 Å². The molecule has 4 nitrogen and oxygen atoms in total. The third kappa shape index (κ3) is 2.03. The molecule has 0 aromatic rings. The summed E-state index contributed by atoms with van der Waals surface area (Å²) in [6.45, 7) is 4.51. The van der Waals surface area contributed by atoms with Crippen LogP contribution in [0.25, 0.3) is 0 Å². The van der Waals surface area contributed by atoms with Gasteiger partial charge in [-0.1, -0.05) is 13.3 Å². The van der Waals surface area contributed by atoms with Crippen LogP contribution in [0.15, 0.2) is 0 Å². The summed E-state index contributed by atoms with van der Waals surface area (Å²) in [4.78, 5) is 25.4. The number of Topliss-reactive ketones (excluding diaryl/α,β-unsaturated/α-hetero) is 1. The lowest BCUT2D eigenvalue weighted by Crippen LogP contribution is -2.59. The fourth-order valence-electron chi connectivity index (χ4n) is 8.03. The van der Waals surface area contributed by atoms with Crippen LogP contribution in [-0.2, 0) is 14.3 Å². The topological polar surface area (TPSA) is 63.6 Å². The van der Waals surface area contributed by atoms with Gasteiger partial charge < -0.3 is 9.84 Å². The van der Waals surface area contributed by atoms with E-state index in [9.17, 15) is 14.7 Å². The Morgan fingerprint density at radius 1 is 1.16 bits per heavy atom. The van der Waals surface area contributed by atoms with Crippen molar-refractivity contribution < 1.29 is 19.4 Å². The molecule has 25 heavy (non-hydrogen) atoms. The lowest BCUT2D eigenvalue weighted by Gasteiger charge is -2.63. The number of carbonyl (C=O) groups is 2. The van der Waals surface area contributed by atoms with Crippen LogP contribution in [0.2, 0.25) is 0 Å². The summed E-state index contributed by atoms with van der Waals surface area (Å²) in [6, 6.07) is 0. The van der Waals surface area contributed by atoms with Crippen LogP contribution in [0, 0.1) is 33.5 Å². The van der Waals surface area contributed by atoms with Crippen molar-refractivity contribution in [2.24, 2.45) is 33.5 Å². The van der Waals surface area contributed by atoms with Gasteiger partial charge in [-0.05, 0) is 74.5 Å². The molecule has 140 valence electrons. The fourth-order valence-corrected chi connectivity index (χ4v) is 8.03. The van der Waals surface area contributed by atoms with Gasteiger partial charge in [-0.15, -0.1) is 0 Å². The monoisotopic (exact) mass is 348 g/mol. The van der Waals surface area contributed by atoms with Crippen molar-refractivity contribution in [3.8, 4) is 0 Å². The number of ether oxygens (including phenoxy) is 1. The fraction of sp³-hybridized carbons (Fsp3) is 0.905. The maximum absolute atomic E-state index is 12.8. The van der Waals surface area contributed by atoms with E-state index in [0.717, 1.165) is 51.4 Å². The highest BCUT2D eigenvalue weighted by atomic mass is 16.5. The second kappa shape index (κ2) is 5.31. The zero-order chi connectivity index (χ0) is 18.1. The molecule has 0 aliphatic heterocycles. The predicted octanol–water partition coefficient (Wildman–Crippen LogP) is 3.50. The molecule has 0 aromatic heterocycles. The zero-order valence-electron chi connectivity index (χ0n) is 15.9. The quantitative estimate of drug-likeness (QED) is 0.776. The zero-order valence-corrected chi connectivity index (χ0v) is 15.9. The molecule has 0 aromatic carbocycles. The Bertz CT molecular complexity index is 615. The van der Waals surface area contributed by atoms with E-state index in [1.165, 1.54) is 7.11 Å². The molecule has 1 N–H and O–H groups in total. The molecular formula is C21H32O4. The minimum atomic E-state index is -0.458. The smallest absolute Gasteiger partial charge is 0.311 e. The van der Waals surface area contributed by atoms with Crippen LogP contribution in [-0.4, -0.2) is 30.6 Å². The molecule has 4 fully saturated rings. The normalized spacial score (nSPS) is 51.6. The van der Waals surface area contributed by atoms with Crippen LogP contribution in [0.1, 0.15) is 71.6 Å². The Kier molecular flexibility index (Phi) is 3.72. The Hall–Kier alpha value is -0.900. The first-order valence-electron chi connectivity index (χ1n) is 9.99. The first-order valence-corrected chi connectivity index (χ1v) is 9.99. The van der Waals surface area contributed by atoms with Crippen molar-refractivity contribution >= 4 is 11.8 Å². The molecule has 0 amide bonds. The van der Waals surface area contributed by atoms with Crippen molar-refractivity contribution in [1.29, 1.82) is 0 Å². The summed E-state index contributed by atoms with van der Waals surface area (Å²) in [7, 11) is 1.51. The minimum Gasteiger partial charge on any atom is -0.469 e. The van der Waals surface area contributed by atoms with Crippen LogP contribution in [0.4, 0.5) is 0 Å². The van der Waals surface area contributed by atoms with Gasteiger partial charge in [0.2, 0.25) is 0 Å². The number of carbonyl (C=O) groups excluding carboxylic acids is 2. The van der Waals surface area contributed by atoms with E-state index in [0.29, 0.717) is 24.0 Å². The van der Waals surface area contributed by atoms with E-state index < -0.39 is 10.8 Å². The summed E-state index contributed by atoms with van der Waals surface area (Å²) >= 11 is 0. The second-order valence-electron chi connectivity index (χ2n) is 10.0. The Labute approximate surface area is 150 Å². The average molecular weight is 348 g/mol. The van der Waals surface area contributed by atoms with Gasteiger partial charge in [0.25, 0.3) is 0 Å². The largest absolute Gasteiger partial charge is 0.469 e. The molecule has 0 heterocycles. The number of methoxy groups -OCH3 is 1. The lowest BCUT2D eigenvalue weighted by molar-refractivity contribution is -0.186. The van der Waals surface area contributed by atoms with Gasteiger partial charge in [0.05, 0.1) is 24.5 Å². The van der Waals surface area contributed by atoms with Crippen LogP contribution < -0.4 is 0 Å². The number of hydrogen-bond acceptors (Lipinski definition) is 4. The van der Waals surface area contributed by atoms with Gasteiger partial charge in [-0.25, -0.2) is 0 Å². The van der Waals surface area contributed by atoms with Crippen molar-refractivity contribution in [1.82, 2.24) is 0 Å². The van der Waals surface area contributed by atoms with E-state index in [1.54, 1.807) is 0 Å². The molecule has 1 spiro atoms. The molecule has 0 radical (unpaired) electrons. The molecular weight excluding hydrogens is 316 g/mol. The van der Waals surface area contributed by atoms with E-state index in [4.69, 9.17) is 4.74 Å². The molecule has 6 atom stereocenters. The predicted molar refractivity (Wildman–Crippen MR) is 93.7 cm³/mol. The lowest BCUT2D eigenvalue weighted by atomic mass is 9.40. The number of esters is 1. The first-order chi connectivity index (χ1) is 11.8. The molecule has 4 heteroatoms. The van der Waals surface area contributed by atoms with E-state index in [-0.39, 0.29) is 23.4 Å². The number of rotatable bonds is 2. The highest BCUT2D eigenvalue weighted by Gasteiger charge is 2.69. The number of hydrogen-bond donors (Lipinski definition) is 1. The van der Waals surface area contributed by atoms with Gasteiger partial charge in [0, 0.05) is 6.42 Å². The Balaban J connectivity index is 1.73. The first kappa shape index (κ1) is 17.5. The second-order valence-corrected chi connectivity index (χ2v) is 10.0. The Morgan fingerprint density at radius 2 is 1.88 bits per heavy atom. The van der Waals surface area contributed by atoms with Gasteiger partial charge in [-0.2, -0.15) is 0 Å². The maximum atomic E-state index is 12.8. The highest BCUT2D eigenvalue weighted by Crippen LogP contribution is 2.73. The standard InChI is InChI=1S/C21H32O4/c1-18-7-4-8-19(2,17(24)25-3)14(18)5-9-20-11-16(23)21(12-20,13-22)10-6-15(18)20/h14-15,22H,4-13H2,1-3H3. The summed E-state index contributed by atoms with van der Waals surface area (Å²) in [5.41, 5.74) is -0.680. The van der Waals surface area contributed by atoms with Gasteiger partial charge >= 0.3 is 5.97 Å². The maximum Gasteiger partial charge on any atom is 0.311 e. The van der Waals surface area contributed by atoms with Gasteiger partial charge in [-0.3, -0.25) is 9.59 Å². The molecule has 4 aliphatic carbocycles. The number of aliphatic hydroxyl groups is 1. The van der Waals surface area contributed by atoms with Crippen LogP contribution in [0.5, 0.6) is 0 Å². The van der Waals surface area contributed by atoms with Crippen molar-refractivity contribution in [2.45, 2.75) is 71.6 Å². The third-order valence-electron chi connectivity index (χ3n) is 9.10. The molecule has 4 aliphatic rings. The summed E-state index contributed by atoms with van der Waals surface area (Å²) in [5, 5.41) is 9.93. The molecule has 0 saturated heterocycles. The molecule has 6 unspecified atom stereocenters. The molecule has 4 rings (SSSR count). The van der Waals surface area contributed by atoms with E-state index in [1.807, 2.05) is 0 Å². The molecule has 2 bridgehead atoms. The third-order valence-corrected chi connectivity index (χ3v) is 9.10. The van der Waals surface area contributed by atoms with Crippen LogP contribution >= 0.6 is 0 Å².